The van der Waals surface area contributed by atoms with Crippen LogP contribution >= 0.6 is 11.3 Å². The van der Waals surface area contributed by atoms with Crippen molar-refractivity contribution in [2.75, 3.05) is 5.32 Å². The number of carbonyl (C=O) groups excluding carboxylic acids is 1. The van der Waals surface area contributed by atoms with Crippen LogP contribution in [0, 0.1) is 6.92 Å². The van der Waals surface area contributed by atoms with E-state index in [1.165, 1.54) is 0 Å². The van der Waals surface area contributed by atoms with Crippen LogP contribution in [0.5, 0.6) is 0 Å². The summed E-state index contributed by atoms with van der Waals surface area (Å²) in [5.41, 5.74) is 2.95. The fourth-order valence-electron chi connectivity index (χ4n) is 3.13. The predicted molar refractivity (Wildman–Crippen MR) is 106 cm³/mol. The number of amides is 1. The maximum absolute atomic E-state index is 12.9. The first-order valence-corrected chi connectivity index (χ1v) is 9.74. The van der Waals surface area contributed by atoms with Gasteiger partial charge in [0.2, 0.25) is 5.89 Å². The highest BCUT2D eigenvalue weighted by Gasteiger charge is 2.34. The smallest absolute Gasteiger partial charge is 0.277 e. The number of fused-ring (bicyclic) bond motifs is 1. The van der Waals surface area contributed by atoms with Crippen LogP contribution in [0.15, 0.2) is 52.9 Å². The molecule has 0 spiro atoms. The lowest BCUT2D eigenvalue weighted by Crippen LogP contribution is -2.14. The Morgan fingerprint density at radius 1 is 1.15 bits per heavy atom. The predicted octanol–water partition coefficient (Wildman–Crippen LogP) is 5.39. The molecule has 1 aliphatic rings. The van der Waals surface area contributed by atoms with Gasteiger partial charge in [0.05, 0.1) is 15.2 Å². The minimum atomic E-state index is -0.233. The second kappa shape index (κ2) is 6.32. The molecule has 0 aliphatic heterocycles. The molecule has 1 amide bonds. The van der Waals surface area contributed by atoms with E-state index < -0.39 is 0 Å². The van der Waals surface area contributed by atoms with Gasteiger partial charge in [0.1, 0.15) is 5.76 Å². The van der Waals surface area contributed by atoms with Gasteiger partial charge in [0.15, 0.2) is 5.69 Å². The zero-order valence-corrected chi connectivity index (χ0v) is 15.5. The molecule has 27 heavy (non-hydrogen) atoms. The molecule has 1 aliphatic carbocycles. The van der Waals surface area contributed by atoms with E-state index in [2.05, 4.69) is 15.3 Å². The molecule has 2 heterocycles. The summed E-state index contributed by atoms with van der Waals surface area (Å²) in [4.78, 5) is 21.9. The van der Waals surface area contributed by atoms with Crippen LogP contribution in [0.25, 0.3) is 21.7 Å². The van der Waals surface area contributed by atoms with Crippen molar-refractivity contribution in [2.45, 2.75) is 25.7 Å². The second-order valence-electron chi connectivity index (χ2n) is 6.74. The van der Waals surface area contributed by atoms with Crippen molar-refractivity contribution in [3.8, 4) is 11.5 Å². The fraction of sp³-hybridized carbons (Fsp3) is 0.190. The van der Waals surface area contributed by atoms with Crippen molar-refractivity contribution in [1.29, 1.82) is 0 Å². The van der Waals surface area contributed by atoms with Crippen molar-refractivity contribution in [2.24, 2.45) is 0 Å². The van der Waals surface area contributed by atoms with Gasteiger partial charge in [-0.15, -0.1) is 11.3 Å². The highest BCUT2D eigenvalue weighted by molar-refractivity contribution is 7.18. The van der Waals surface area contributed by atoms with Gasteiger partial charge >= 0.3 is 0 Å². The molecule has 2 aromatic heterocycles. The van der Waals surface area contributed by atoms with Gasteiger partial charge in [0.25, 0.3) is 5.91 Å². The normalized spacial score (nSPS) is 13.8. The molecular formula is C21H17N3O2S. The Morgan fingerprint density at radius 3 is 2.74 bits per heavy atom. The largest absolute Gasteiger partial charge is 0.440 e. The van der Waals surface area contributed by atoms with E-state index in [9.17, 15) is 4.79 Å². The lowest BCUT2D eigenvalue weighted by atomic mass is 10.2. The van der Waals surface area contributed by atoms with Gasteiger partial charge in [-0.2, -0.15) is 0 Å². The molecule has 0 saturated heterocycles. The lowest BCUT2D eigenvalue weighted by molar-refractivity contribution is 0.102. The molecule has 0 unspecified atom stereocenters. The molecule has 1 fully saturated rings. The molecule has 1 N–H and O–H groups in total. The number of carbonyl (C=O) groups is 1. The first-order valence-electron chi connectivity index (χ1n) is 8.92. The zero-order valence-electron chi connectivity index (χ0n) is 14.7. The summed E-state index contributed by atoms with van der Waals surface area (Å²) in [6.07, 6.45) is 2.08. The molecule has 0 atom stereocenters. The fourth-order valence-corrected chi connectivity index (χ4v) is 4.00. The quantitative estimate of drug-likeness (QED) is 0.519. The number of benzene rings is 2. The molecule has 0 bridgehead atoms. The Bertz CT molecular complexity index is 1140. The van der Waals surface area contributed by atoms with Crippen LogP contribution < -0.4 is 5.32 Å². The summed E-state index contributed by atoms with van der Waals surface area (Å²) >= 11 is 1.61. The average Bonchev–Trinajstić information content (AvgIpc) is 3.30. The number of anilines is 1. The molecular weight excluding hydrogens is 358 g/mol. The lowest BCUT2D eigenvalue weighted by Gasteiger charge is -2.04. The molecule has 4 aromatic rings. The minimum Gasteiger partial charge on any atom is -0.440 e. The monoisotopic (exact) mass is 375 g/mol. The van der Waals surface area contributed by atoms with Crippen LogP contribution in [0.1, 0.15) is 40.0 Å². The van der Waals surface area contributed by atoms with Crippen LogP contribution in [-0.4, -0.2) is 15.9 Å². The maximum atomic E-state index is 12.9. The Kier molecular flexibility index (Phi) is 3.79. The summed E-state index contributed by atoms with van der Waals surface area (Å²) in [6, 6.07) is 15.4. The molecule has 5 rings (SSSR count). The molecule has 2 aromatic carbocycles. The summed E-state index contributed by atoms with van der Waals surface area (Å²) < 4.78 is 7.03. The molecule has 6 heteroatoms. The third-order valence-corrected chi connectivity index (χ3v) is 5.52. The van der Waals surface area contributed by atoms with Crippen molar-refractivity contribution < 1.29 is 9.21 Å². The number of aromatic nitrogens is 2. The molecule has 1 saturated carbocycles. The zero-order chi connectivity index (χ0) is 18.4. The van der Waals surface area contributed by atoms with Crippen molar-refractivity contribution in [3.05, 3.63) is 65.0 Å². The van der Waals surface area contributed by atoms with Crippen LogP contribution in [0.3, 0.4) is 0 Å². The number of aryl methyl sites for hydroxylation is 1. The van der Waals surface area contributed by atoms with Gasteiger partial charge in [-0.25, -0.2) is 9.97 Å². The Hall–Kier alpha value is -2.99. The number of hydrogen-bond donors (Lipinski definition) is 1. The Labute approximate surface area is 160 Å². The highest BCUT2D eigenvalue weighted by atomic mass is 32.1. The van der Waals surface area contributed by atoms with E-state index in [-0.39, 0.29) is 5.91 Å². The number of hydrogen-bond acceptors (Lipinski definition) is 5. The van der Waals surface area contributed by atoms with Gasteiger partial charge in [-0.05, 0) is 50.1 Å². The third-order valence-electron chi connectivity index (χ3n) is 4.59. The van der Waals surface area contributed by atoms with Crippen molar-refractivity contribution >= 4 is 33.1 Å². The number of nitrogens with one attached hydrogen (secondary N) is 1. The molecule has 5 nitrogen and oxygen atoms in total. The van der Waals surface area contributed by atoms with E-state index in [1.54, 1.807) is 11.3 Å². The summed E-state index contributed by atoms with van der Waals surface area (Å²) in [6.45, 7) is 1.98. The second-order valence-corrected chi connectivity index (χ2v) is 7.98. The van der Waals surface area contributed by atoms with Crippen LogP contribution in [0.4, 0.5) is 5.69 Å². The van der Waals surface area contributed by atoms with Gasteiger partial charge in [-0.1, -0.05) is 18.2 Å². The van der Waals surface area contributed by atoms with Crippen molar-refractivity contribution in [1.82, 2.24) is 9.97 Å². The van der Waals surface area contributed by atoms with Gasteiger partial charge in [-0.3, -0.25) is 4.79 Å². The Balaban J connectivity index is 1.47. The molecule has 134 valence electrons. The Morgan fingerprint density at radius 2 is 1.96 bits per heavy atom. The number of nitrogens with zero attached hydrogens (tertiary/aromatic N) is 2. The summed E-state index contributed by atoms with van der Waals surface area (Å²) in [7, 11) is 0. The average molecular weight is 375 g/mol. The van der Waals surface area contributed by atoms with Crippen LogP contribution in [0.2, 0.25) is 0 Å². The van der Waals surface area contributed by atoms with Crippen molar-refractivity contribution in [3.63, 3.8) is 0 Å². The topological polar surface area (TPSA) is 68.0 Å². The first-order chi connectivity index (χ1) is 13.2. The molecule has 0 radical (unpaired) electrons. The summed E-state index contributed by atoms with van der Waals surface area (Å²) in [5, 5.41) is 3.97. The SMILES string of the molecule is Cc1nc2ccc(NC(=O)c3nc(-c4ccccc4)oc3C3CC3)cc2s1. The number of oxazole rings is 1. The van der Waals surface area contributed by atoms with Crippen LogP contribution in [-0.2, 0) is 0 Å². The standard InChI is InChI=1S/C21H17N3O2S/c1-12-22-16-10-9-15(11-17(16)27-12)23-20(25)18-19(13-7-8-13)26-21(24-18)14-5-3-2-4-6-14/h2-6,9-11,13H,7-8H2,1H3,(H,23,25). The highest BCUT2D eigenvalue weighted by Crippen LogP contribution is 2.43. The number of rotatable bonds is 4. The van der Waals surface area contributed by atoms with E-state index in [0.29, 0.717) is 23.3 Å². The number of thiazole rings is 1. The van der Waals surface area contributed by atoms with E-state index >= 15 is 0 Å². The first kappa shape index (κ1) is 16.2. The summed E-state index contributed by atoms with van der Waals surface area (Å²) in [5.74, 6) is 1.25. The third kappa shape index (κ3) is 3.13. The maximum Gasteiger partial charge on any atom is 0.277 e. The van der Waals surface area contributed by atoms with Gasteiger partial charge < -0.3 is 9.73 Å². The van der Waals surface area contributed by atoms with E-state index in [4.69, 9.17) is 4.42 Å². The minimum absolute atomic E-state index is 0.233. The van der Waals surface area contributed by atoms with E-state index in [0.717, 1.165) is 39.3 Å². The van der Waals surface area contributed by atoms with Gasteiger partial charge in [0, 0.05) is 17.2 Å². The van der Waals surface area contributed by atoms with E-state index in [1.807, 2.05) is 55.5 Å².